The topological polar surface area (TPSA) is 215 Å². The van der Waals surface area contributed by atoms with Crippen LogP contribution in [-0.4, -0.2) is 73.0 Å². The van der Waals surface area contributed by atoms with Gasteiger partial charge >= 0.3 is 5.97 Å². The maximum atomic E-state index is 13.6. The number of imidazole rings is 1. The first-order valence-corrected chi connectivity index (χ1v) is 14.7. The number of aromatic hydroxyl groups is 1. The Bertz CT molecular complexity index is 1600. The van der Waals surface area contributed by atoms with Gasteiger partial charge < -0.3 is 41.9 Å². The molecular formula is C32H39N7O6. The maximum Gasteiger partial charge on any atom is 0.326 e. The molecule has 4 atom stereocenters. The first kappa shape index (κ1) is 32.7. The molecule has 238 valence electrons. The normalized spacial score (nSPS) is 14.0. The van der Waals surface area contributed by atoms with Gasteiger partial charge in [0.15, 0.2) is 0 Å². The van der Waals surface area contributed by atoms with E-state index in [-0.39, 0.29) is 37.4 Å². The molecule has 45 heavy (non-hydrogen) atoms. The number of carbonyl (C=O) groups is 4. The smallest absolute Gasteiger partial charge is 0.326 e. The number of hydrogen-bond acceptors (Lipinski definition) is 7. The van der Waals surface area contributed by atoms with Gasteiger partial charge in [-0.15, -0.1) is 0 Å². The first-order chi connectivity index (χ1) is 21.5. The van der Waals surface area contributed by atoms with Crippen LogP contribution in [0, 0.1) is 5.92 Å². The summed E-state index contributed by atoms with van der Waals surface area (Å²) in [7, 11) is 0. The molecule has 2 aromatic heterocycles. The summed E-state index contributed by atoms with van der Waals surface area (Å²) >= 11 is 0. The summed E-state index contributed by atoms with van der Waals surface area (Å²) in [5.74, 6) is -3.04. The van der Waals surface area contributed by atoms with E-state index in [1.165, 1.54) is 24.7 Å². The number of aliphatic carboxylic acids is 1. The minimum Gasteiger partial charge on any atom is -0.508 e. The molecule has 0 saturated carbocycles. The Morgan fingerprint density at radius 3 is 2.18 bits per heavy atom. The van der Waals surface area contributed by atoms with Gasteiger partial charge in [-0.05, 0) is 48.1 Å². The molecule has 4 rings (SSSR count). The summed E-state index contributed by atoms with van der Waals surface area (Å²) in [6.07, 6.45) is 5.14. The molecule has 3 amide bonds. The number of phenolic OH excluding ortho intramolecular Hbond substituents is 1. The summed E-state index contributed by atoms with van der Waals surface area (Å²) in [5, 5.41) is 28.3. The number of aromatic nitrogens is 3. The highest BCUT2D eigenvalue weighted by Gasteiger charge is 2.31. The number of carboxylic acids is 1. The molecule has 2 heterocycles. The van der Waals surface area contributed by atoms with E-state index in [0.29, 0.717) is 5.69 Å². The van der Waals surface area contributed by atoms with Gasteiger partial charge in [-0.3, -0.25) is 14.4 Å². The van der Waals surface area contributed by atoms with E-state index in [0.717, 1.165) is 22.0 Å². The molecule has 0 aliphatic heterocycles. The SMILES string of the molecule is CC(C)CC(NC(=O)C(Cc1cnc[nH]1)NC(=O)C(N)Cc1ccc(O)cc1)C(=O)NC(Cc1c[nH]c2ccccc12)C(=O)O. The van der Waals surface area contributed by atoms with Crippen molar-refractivity contribution in [1.82, 2.24) is 30.9 Å². The molecule has 4 aromatic rings. The lowest BCUT2D eigenvalue weighted by atomic mass is 10.00. The number of hydrogen-bond donors (Lipinski definition) is 8. The third-order valence-electron chi connectivity index (χ3n) is 7.39. The monoisotopic (exact) mass is 617 g/mol. The number of para-hydroxylation sites is 1. The fraction of sp³-hybridized carbons (Fsp3) is 0.344. The molecule has 0 saturated heterocycles. The Labute approximate surface area is 260 Å². The van der Waals surface area contributed by atoms with Crippen molar-refractivity contribution < 1.29 is 29.4 Å². The lowest BCUT2D eigenvalue weighted by molar-refractivity contribution is -0.142. The largest absolute Gasteiger partial charge is 0.508 e. The van der Waals surface area contributed by atoms with Crippen molar-refractivity contribution in [3.05, 3.63) is 84.1 Å². The van der Waals surface area contributed by atoms with Crippen LogP contribution in [0.5, 0.6) is 5.75 Å². The fourth-order valence-corrected chi connectivity index (χ4v) is 5.05. The number of fused-ring (bicyclic) bond motifs is 1. The second-order valence-electron chi connectivity index (χ2n) is 11.5. The maximum absolute atomic E-state index is 13.6. The van der Waals surface area contributed by atoms with E-state index >= 15 is 0 Å². The number of rotatable bonds is 15. The van der Waals surface area contributed by atoms with Crippen LogP contribution in [0.2, 0.25) is 0 Å². The average Bonchev–Trinajstić information content (AvgIpc) is 3.67. The van der Waals surface area contributed by atoms with Gasteiger partial charge in [0.2, 0.25) is 17.7 Å². The molecule has 9 N–H and O–H groups in total. The third-order valence-corrected chi connectivity index (χ3v) is 7.39. The van der Waals surface area contributed by atoms with Crippen LogP contribution in [0.15, 0.2) is 67.3 Å². The predicted octanol–water partition coefficient (Wildman–Crippen LogP) is 1.54. The van der Waals surface area contributed by atoms with Gasteiger partial charge in [-0.2, -0.15) is 0 Å². The van der Waals surface area contributed by atoms with Gasteiger partial charge in [0.25, 0.3) is 0 Å². The van der Waals surface area contributed by atoms with E-state index < -0.39 is 47.9 Å². The highest BCUT2D eigenvalue weighted by Crippen LogP contribution is 2.19. The number of H-pyrrole nitrogens is 2. The number of nitrogens with one attached hydrogen (secondary N) is 5. The number of phenols is 1. The molecule has 0 radical (unpaired) electrons. The number of nitrogens with zero attached hydrogens (tertiary/aromatic N) is 1. The van der Waals surface area contributed by atoms with E-state index in [9.17, 15) is 29.4 Å². The summed E-state index contributed by atoms with van der Waals surface area (Å²) in [6.45, 7) is 3.75. The van der Waals surface area contributed by atoms with Crippen molar-refractivity contribution in [3.63, 3.8) is 0 Å². The van der Waals surface area contributed by atoms with Gasteiger partial charge in [-0.25, -0.2) is 9.78 Å². The zero-order valence-electron chi connectivity index (χ0n) is 25.1. The van der Waals surface area contributed by atoms with Crippen molar-refractivity contribution in [2.75, 3.05) is 0 Å². The minimum absolute atomic E-state index is 0.0303. The van der Waals surface area contributed by atoms with E-state index in [1.807, 2.05) is 38.1 Å². The Morgan fingerprint density at radius 2 is 1.51 bits per heavy atom. The van der Waals surface area contributed by atoms with Crippen LogP contribution in [0.4, 0.5) is 0 Å². The number of benzene rings is 2. The van der Waals surface area contributed by atoms with Crippen LogP contribution < -0.4 is 21.7 Å². The second kappa shape index (κ2) is 15.0. The lowest BCUT2D eigenvalue weighted by Gasteiger charge is -2.26. The molecule has 0 spiro atoms. The molecule has 4 unspecified atom stereocenters. The van der Waals surface area contributed by atoms with Crippen molar-refractivity contribution >= 4 is 34.6 Å². The molecule has 0 aliphatic carbocycles. The molecule has 0 bridgehead atoms. The quantitative estimate of drug-likeness (QED) is 0.0977. The van der Waals surface area contributed by atoms with Crippen molar-refractivity contribution in [2.24, 2.45) is 11.7 Å². The van der Waals surface area contributed by atoms with E-state index in [4.69, 9.17) is 5.73 Å². The highest BCUT2D eigenvalue weighted by atomic mass is 16.4. The first-order valence-electron chi connectivity index (χ1n) is 14.7. The molecule has 0 aliphatic rings. The number of amides is 3. The van der Waals surface area contributed by atoms with Crippen LogP contribution in [0.3, 0.4) is 0 Å². The van der Waals surface area contributed by atoms with E-state index in [1.54, 1.807) is 18.3 Å². The summed E-state index contributed by atoms with van der Waals surface area (Å²) in [4.78, 5) is 62.3. The second-order valence-corrected chi connectivity index (χ2v) is 11.5. The number of aromatic amines is 2. The molecule has 0 fully saturated rings. The summed E-state index contributed by atoms with van der Waals surface area (Å²) in [5.41, 5.74) is 9.02. The van der Waals surface area contributed by atoms with Crippen molar-refractivity contribution in [3.8, 4) is 5.75 Å². The predicted molar refractivity (Wildman–Crippen MR) is 167 cm³/mol. The molecular weight excluding hydrogens is 578 g/mol. The van der Waals surface area contributed by atoms with Crippen LogP contribution in [-0.2, 0) is 38.4 Å². The minimum atomic E-state index is -1.25. The van der Waals surface area contributed by atoms with Gasteiger partial charge in [0.05, 0.1) is 12.4 Å². The van der Waals surface area contributed by atoms with Gasteiger partial charge in [0, 0.05) is 41.8 Å². The van der Waals surface area contributed by atoms with E-state index in [2.05, 4.69) is 30.9 Å². The van der Waals surface area contributed by atoms with Crippen LogP contribution in [0.25, 0.3) is 10.9 Å². The third kappa shape index (κ3) is 9.16. The van der Waals surface area contributed by atoms with Crippen LogP contribution in [0.1, 0.15) is 37.1 Å². The number of carbonyl (C=O) groups excluding carboxylic acids is 3. The van der Waals surface area contributed by atoms with Crippen molar-refractivity contribution in [1.29, 1.82) is 0 Å². The molecule has 13 nitrogen and oxygen atoms in total. The molecule has 13 heteroatoms. The average molecular weight is 618 g/mol. The zero-order valence-corrected chi connectivity index (χ0v) is 25.1. The standard InChI is InChI=1S/C32H39N7O6/c1-18(2)11-26(30(42)39-28(32(44)45)13-20-15-35-25-6-4-3-5-23(20)25)38-31(43)27(14-21-16-34-17-36-21)37-29(41)24(33)12-19-7-9-22(40)10-8-19/h3-10,15-18,24,26-28,35,40H,11-14,33H2,1-2H3,(H,34,36)(H,37,41)(H,38,43)(H,39,42)(H,44,45). The van der Waals surface area contributed by atoms with Gasteiger partial charge in [0.1, 0.15) is 23.9 Å². The van der Waals surface area contributed by atoms with Crippen LogP contribution >= 0.6 is 0 Å². The Hall–Kier alpha value is -5.17. The summed E-state index contributed by atoms with van der Waals surface area (Å²) < 4.78 is 0. The number of carboxylic acid groups (broad SMARTS) is 1. The molecule has 2 aromatic carbocycles. The van der Waals surface area contributed by atoms with Gasteiger partial charge in [-0.1, -0.05) is 44.2 Å². The number of nitrogens with two attached hydrogens (primary N) is 1. The Balaban J connectivity index is 1.47. The summed E-state index contributed by atoms with van der Waals surface area (Å²) in [6, 6.07) is 9.29. The Kier molecular flexibility index (Phi) is 10.9. The zero-order chi connectivity index (χ0) is 32.5. The highest BCUT2D eigenvalue weighted by molar-refractivity contribution is 5.94. The van der Waals surface area contributed by atoms with Crippen molar-refractivity contribution in [2.45, 2.75) is 63.7 Å². The lowest BCUT2D eigenvalue weighted by Crippen LogP contribution is -2.58. The Morgan fingerprint density at radius 1 is 0.844 bits per heavy atom. The fourth-order valence-electron chi connectivity index (χ4n) is 5.05.